The second kappa shape index (κ2) is 22.4. The molecule has 1 aliphatic heterocycles. The molecule has 19 nitrogen and oxygen atoms in total. The number of para-hydroxylation sites is 1. The number of aromatic nitrogens is 1. The lowest BCUT2D eigenvalue weighted by molar-refractivity contribution is -0.142. The number of carbonyl (C=O) groups excluding carboxylic acids is 8. The average Bonchev–Trinajstić information content (AvgIpc) is 3.61. The number of hydrogen-bond acceptors (Lipinski definition) is 9. The smallest absolute Gasteiger partial charge is 0.326 e. The van der Waals surface area contributed by atoms with Crippen molar-refractivity contribution >= 4 is 75.7 Å². The van der Waals surface area contributed by atoms with Gasteiger partial charge in [-0.3, -0.25) is 38.4 Å². The van der Waals surface area contributed by atoms with Crippen LogP contribution in [0.25, 0.3) is 10.9 Å². The van der Waals surface area contributed by atoms with E-state index < -0.39 is 97.0 Å². The topological polar surface area (TPSA) is 286 Å². The van der Waals surface area contributed by atoms with Crippen molar-refractivity contribution in [3.63, 3.8) is 0 Å². The summed E-state index contributed by atoms with van der Waals surface area (Å²) < 4.78 is 0. The van der Waals surface area contributed by atoms with Gasteiger partial charge in [0, 0.05) is 48.4 Å². The molecular formula is C39H48ClN9O10. The molecule has 0 saturated carbocycles. The van der Waals surface area contributed by atoms with E-state index in [1.54, 1.807) is 30.5 Å². The number of carboxylic acid groups (broad SMARTS) is 1. The largest absolute Gasteiger partial charge is 0.480 e. The second-order valence-electron chi connectivity index (χ2n) is 13.9. The van der Waals surface area contributed by atoms with Crippen LogP contribution in [0.1, 0.15) is 50.2 Å². The van der Waals surface area contributed by atoms with Gasteiger partial charge >= 0.3 is 5.97 Å². The van der Waals surface area contributed by atoms with E-state index in [2.05, 4.69) is 47.5 Å². The van der Waals surface area contributed by atoms with Crippen LogP contribution in [0, 0.1) is 0 Å². The van der Waals surface area contributed by atoms with Gasteiger partial charge < -0.3 is 52.6 Å². The van der Waals surface area contributed by atoms with E-state index in [4.69, 9.17) is 11.6 Å². The predicted octanol–water partition coefficient (Wildman–Crippen LogP) is -0.921. The van der Waals surface area contributed by atoms with Crippen LogP contribution in [0.2, 0.25) is 5.02 Å². The predicted molar refractivity (Wildman–Crippen MR) is 213 cm³/mol. The van der Waals surface area contributed by atoms with Crippen molar-refractivity contribution in [3.05, 3.63) is 70.9 Å². The number of halogens is 1. The summed E-state index contributed by atoms with van der Waals surface area (Å²) in [6.07, 6.45) is 1.58. The Balaban J connectivity index is 1.56. The fourth-order valence-electron chi connectivity index (χ4n) is 6.23. The van der Waals surface area contributed by atoms with Gasteiger partial charge in [-0.25, -0.2) is 4.79 Å². The molecule has 0 radical (unpaired) electrons. The van der Waals surface area contributed by atoms with Gasteiger partial charge in [0.1, 0.15) is 24.2 Å². The molecule has 0 bridgehead atoms. The van der Waals surface area contributed by atoms with Gasteiger partial charge in [-0.2, -0.15) is 0 Å². The van der Waals surface area contributed by atoms with Gasteiger partial charge in [0.15, 0.2) is 0 Å². The van der Waals surface area contributed by atoms with E-state index >= 15 is 0 Å². The summed E-state index contributed by atoms with van der Waals surface area (Å²) in [7, 11) is 0. The number of benzene rings is 2. The maximum Gasteiger partial charge on any atom is 0.326 e. The fraction of sp³-hybridized carbons (Fsp3) is 0.410. The molecule has 10 N–H and O–H groups in total. The lowest BCUT2D eigenvalue weighted by Crippen LogP contribution is -2.55. The highest BCUT2D eigenvalue weighted by molar-refractivity contribution is 6.30. The number of fused-ring (bicyclic) bond motifs is 1. The first-order valence-electron chi connectivity index (χ1n) is 19.0. The summed E-state index contributed by atoms with van der Waals surface area (Å²) in [6.45, 7) is -0.547. The maximum absolute atomic E-state index is 13.6. The number of H-pyrrole nitrogens is 1. The number of carbonyl (C=O) groups is 9. The molecule has 1 saturated heterocycles. The summed E-state index contributed by atoms with van der Waals surface area (Å²) in [5, 5.41) is 31.0. The highest BCUT2D eigenvalue weighted by Gasteiger charge is 2.29. The molecule has 4 atom stereocenters. The standard InChI is InChI=1S/C39H48ClN9O10/c1-22(50)42-19-33(52)46-28-13-14-32(51)41-15-5-10-30(39(58)59)49-38(57)29(12-11-24-18-43-27-9-3-2-8-26(24)27)47-34(53)20-45-37(56)31(48-35(54)21-44-36(28)55)17-23-6-4-7-25(40)16-23/h2-4,6-9,16,18,28-31,43H,5,10-15,17,19-21H2,1H3,(H,41,51)(H,42,50)(H,44,55)(H,45,56)(H,46,52)(H,47,53)(H,48,54)(H,49,57)(H,58,59). The maximum atomic E-state index is 13.6. The first kappa shape index (κ1) is 45.2. The van der Waals surface area contributed by atoms with Crippen LogP contribution in [0.4, 0.5) is 0 Å². The van der Waals surface area contributed by atoms with E-state index in [0.717, 1.165) is 16.5 Å². The summed E-state index contributed by atoms with van der Waals surface area (Å²) in [6, 6.07) is 8.75. The normalized spacial score (nSPS) is 20.8. The first-order chi connectivity index (χ1) is 28.2. The summed E-state index contributed by atoms with van der Waals surface area (Å²) in [5.41, 5.74) is 2.26. The molecule has 8 amide bonds. The molecule has 1 aliphatic rings. The van der Waals surface area contributed by atoms with Gasteiger partial charge in [-0.05, 0) is 61.4 Å². The van der Waals surface area contributed by atoms with Crippen molar-refractivity contribution < 1.29 is 48.3 Å². The highest BCUT2D eigenvalue weighted by atomic mass is 35.5. The van der Waals surface area contributed by atoms with Crippen LogP contribution < -0.4 is 42.5 Å². The Morgan fingerprint density at radius 3 is 2.24 bits per heavy atom. The molecule has 20 heteroatoms. The molecule has 1 aromatic heterocycles. The van der Waals surface area contributed by atoms with E-state index in [-0.39, 0.29) is 45.1 Å². The minimum atomic E-state index is -1.39. The summed E-state index contributed by atoms with van der Waals surface area (Å²) in [5.74, 6) is -7.14. The molecule has 1 fully saturated rings. The Morgan fingerprint density at radius 1 is 0.814 bits per heavy atom. The molecule has 4 rings (SSSR count). The van der Waals surface area contributed by atoms with Crippen LogP contribution in [0.5, 0.6) is 0 Å². The monoisotopic (exact) mass is 837 g/mol. The summed E-state index contributed by atoms with van der Waals surface area (Å²) in [4.78, 5) is 119. The zero-order chi connectivity index (χ0) is 42.9. The Morgan fingerprint density at radius 2 is 1.53 bits per heavy atom. The number of nitrogens with one attached hydrogen (secondary N) is 9. The van der Waals surface area contributed by atoms with Crippen molar-refractivity contribution in [2.75, 3.05) is 26.2 Å². The third kappa shape index (κ3) is 15.1. The third-order valence-electron chi connectivity index (χ3n) is 9.27. The number of aliphatic carboxylic acids is 1. The molecule has 0 aliphatic carbocycles. The van der Waals surface area contributed by atoms with Gasteiger partial charge in [-0.15, -0.1) is 0 Å². The van der Waals surface area contributed by atoms with Crippen molar-refractivity contribution in [1.29, 1.82) is 0 Å². The Labute approximate surface area is 343 Å². The zero-order valence-electron chi connectivity index (χ0n) is 32.3. The van der Waals surface area contributed by atoms with Crippen molar-refractivity contribution in [3.8, 4) is 0 Å². The van der Waals surface area contributed by atoms with Gasteiger partial charge in [-0.1, -0.05) is 41.9 Å². The van der Waals surface area contributed by atoms with Gasteiger partial charge in [0.05, 0.1) is 19.6 Å². The first-order valence-corrected chi connectivity index (χ1v) is 19.3. The Bertz CT molecular complexity index is 2040. The quantitative estimate of drug-likeness (QED) is 0.127. The lowest BCUT2D eigenvalue weighted by atomic mass is 10.0. The van der Waals surface area contributed by atoms with E-state index in [0.29, 0.717) is 17.0 Å². The van der Waals surface area contributed by atoms with Crippen LogP contribution >= 0.6 is 11.6 Å². The number of hydrogen-bond donors (Lipinski definition) is 10. The van der Waals surface area contributed by atoms with Gasteiger partial charge in [0.25, 0.3) is 0 Å². The van der Waals surface area contributed by atoms with Crippen LogP contribution in [-0.4, -0.2) is 114 Å². The van der Waals surface area contributed by atoms with Crippen LogP contribution in [0.3, 0.4) is 0 Å². The molecular weight excluding hydrogens is 790 g/mol. The van der Waals surface area contributed by atoms with Crippen LogP contribution in [0.15, 0.2) is 54.7 Å². The van der Waals surface area contributed by atoms with E-state index in [1.807, 2.05) is 24.3 Å². The van der Waals surface area contributed by atoms with Crippen LogP contribution in [-0.2, 0) is 56.0 Å². The van der Waals surface area contributed by atoms with Crippen molar-refractivity contribution in [2.24, 2.45) is 0 Å². The number of amides is 8. The summed E-state index contributed by atoms with van der Waals surface area (Å²) >= 11 is 6.15. The van der Waals surface area contributed by atoms with Crippen molar-refractivity contribution in [2.45, 2.75) is 76.0 Å². The minimum Gasteiger partial charge on any atom is -0.480 e. The average molecular weight is 838 g/mol. The lowest BCUT2D eigenvalue weighted by Gasteiger charge is -2.22. The van der Waals surface area contributed by atoms with E-state index in [1.165, 1.54) is 6.92 Å². The molecule has 3 aromatic rings. The number of aromatic amines is 1. The third-order valence-corrected chi connectivity index (χ3v) is 9.51. The molecule has 59 heavy (non-hydrogen) atoms. The molecule has 316 valence electrons. The van der Waals surface area contributed by atoms with Crippen molar-refractivity contribution in [1.82, 2.24) is 47.5 Å². The highest BCUT2D eigenvalue weighted by Crippen LogP contribution is 2.20. The molecule has 0 spiro atoms. The molecule has 2 heterocycles. The van der Waals surface area contributed by atoms with Gasteiger partial charge in [0.2, 0.25) is 47.3 Å². The number of aryl methyl sites for hydroxylation is 1. The molecule has 4 unspecified atom stereocenters. The minimum absolute atomic E-state index is 0.00118. The van der Waals surface area contributed by atoms with E-state index in [9.17, 15) is 48.3 Å². The number of rotatable bonds is 9. The Kier molecular flexibility index (Phi) is 17.2. The SMILES string of the molecule is CC(=O)NCC(=O)NC1CCC(=O)NCCCC(C(=O)O)NC(=O)C(CCc2c[nH]c3ccccc23)NC(=O)CNC(=O)C(Cc2cccc(Cl)c2)NC(=O)CNC1=O. The fourth-order valence-corrected chi connectivity index (χ4v) is 6.45. The Hall–Kier alpha value is -6.50. The second-order valence-corrected chi connectivity index (χ2v) is 14.3. The molecule has 2 aromatic carbocycles. The number of carboxylic acids is 1. The zero-order valence-corrected chi connectivity index (χ0v) is 33.0.